The van der Waals surface area contributed by atoms with Crippen molar-refractivity contribution in [3.63, 3.8) is 0 Å². The lowest BCUT2D eigenvalue weighted by Crippen LogP contribution is -2.36. The van der Waals surface area contributed by atoms with Gasteiger partial charge in [0, 0.05) is 18.7 Å². The lowest BCUT2D eigenvalue weighted by molar-refractivity contribution is 0.163. The maximum absolute atomic E-state index is 8.76. The molecule has 0 aromatic rings. The Balaban J connectivity index is 2.33. The van der Waals surface area contributed by atoms with E-state index in [4.69, 9.17) is 5.11 Å². The van der Waals surface area contributed by atoms with Gasteiger partial charge in [-0.1, -0.05) is 0 Å². The van der Waals surface area contributed by atoms with Crippen LogP contribution < -0.4 is 0 Å². The largest absolute Gasteiger partial charge is 0.396 e. The molecule has 0 saturated carbocycles. The molecular formula is C9H19NO. The lowest BCUT2D eigenvalue weighted by atomic mass is 10.2. The number of nitrogens with zero attached hydrogens (tertiary/aromatic N) is 1. The SMILES string of the molecule is CC(CCO)N1CCCC1C. The molecule has 1 aliphatic heterocycles. The van der Waals surface area contributed by atoms with E-state index in [1.165, 1.54) is 19.4 Å². The van der Waals surface area contributed by atoms with E-state index < -0.39 is 0 Å². The van der Waals surface area contributed by atoms with E-state index >= 15 is 0 Å². The molecule has 0 bridgehead atoms. The molecule has 1 fully saturated rings. The Morgan fingerprint density at radius 2 is 2.36 bits per heavy atom. The number of aliphatic hydroxyl groups is 1. The summed E-state index contributed by atoms with van der Waals surface area (Å²) in [6, 6.07) is 1.30. The normalized spacial score (nSPS) is 29.2. The second-order valence-electron chi connectivity index (χ2n) is 3.59. The molecule has 0 aromatic carbocycles. The highest BCUT2D eigenvalue weighted by molar-refractivity contribution is 4.79. The van der Waals surface area contributed by atoms with E-state index in [1.54, 1.807) is 0 Å². The zero-order valence-corrected chi connectivity index (χ0v) is 7.58. The molecule has 2 heteroatoms. The smallest absolute Gasteiger partial charge is 0.0445 e. The Kier molecular flexibility index (Phi) is 3.34. The van der Waals surface area contributed by atoms with Gasteiger partial charge < -0.3 is 5.11 Å². The van der Waals surface area contributed by atoms with Crippen LogP contribution in [0.3, 0.4) is 0 Å². The van der Waals surface area contributed by atoms with Gasteiger partial charge in [-0.15, -0.1) is 0 Å². The van der Waals surface area contributed by atoms with Gasteiger partial charge in [-0.3, -0.25) is 4.90 Å². The minimum Gasteiger partial charge on any atom is -0.396 e. The van der Waals surface area contributed by atoms with Crippen molar-refractivity contribution < 1.29 is 5.11 Å². The first kappa shape index (κ1) is 9.01. The van der Waals surface area contributed by atoms with Gasteiger partial charge in [-0.25, -0.2) is 0 Å². The third-order valence-electron chi connectivity index (χ3n) is 2.72. The summed E-state index contributed by atoms with van der Waals surface area (Å²) in [6.07, 6.45) is 3.58. The van der Waals surface area contributed by atoms with Crippen molar-refractivity contribution in [3.8, 4) is 0 Å². The molecule has 2 nitrogen and oxygen atoms in total. The molecule has 0 aliphatic carbocycles. The van der Waals surface area contributed by atoms with E-state index in [0.717, 1.165) is 12.5 Å². The molecule has 0 radical (unpaired) electrons. The maximum atomic E-state index is 8.76. The monoisotopic (exact) mass is 157 g/mol. The average Bonchev–Trinajstić information content (AvgIpc) is 2.36. The molecule has 1 N–H and O–H groups in total. The van der Waals surface area contributed by atoms with Crippen LogP contribution in [0.4, 0.5) is 0 Å². The predicted molar refractivity (Wildman–Crippen MR) is 46.6 cm³/mol. The minimum atomic E-state index is 0.324. The number of rotatable bonds is 3. The zero-order valence-electron chi connectivity index (χ0n) is 7.58. The molecular weight excluding hydrogens is 138 g/mol. The Labute approximate surface area is 69.2 Å². The summed E-state index contributed by atoms with van der Waals surface area (Å²) < 4.78 is 0. The average molecular weight is 157 g/mol. The lowest BCUT2D eigenvalue weighted by Gasteiger charge is -2.27. The van der Waals surface area contributed by atoms with Crippen LogP contribution in [0, 0.1) is 0 Å². The Morgan fingerprint density at radius 1 is 1.64 bits per heavy atom. The van der Waals surface area contributed by atoms with Crippen LogP contribution in [0.5, 0.6) is 0 Å². The Hall–Kier alpha value is -0.0800. The van der Waals surface area contributed by atoms with E-state index in [9.17, 15) is 0 Å². The molecule has 11 heavy (non-hydrogen) atoms. The summed E-state index contributed by atoms with van der Waals surface area (Å²) >= 11 is 0. The van der Waals surface area contributed by atoms with Crippen molar-refractivity contribution in [1.29, 1.82) is 0 Å². The molecule has 1 aliphatic rings. The summed E-state index contributed by atoms with van der Waals surface area (Å²) in [7, 11) is 0. The van der Waals surface area contributed by atoms with Gasteiger partial charge in [0.15, 0.2) is 0 Å². The van der Waals surface area contributed by atoms with Crippen LogP contribution in [0.25, 0.3) is 0 Å². The highest BCUT2D eigenvalue weighted by Gasteiger charge is 2.23. The summed E-state index contributed by atoms with van der Waals surface area (Å²) in [5, 5.41) is 8.76. The predicted octanol–water partition coefficient (Wildman–Crippen LogP) is 1.24. The van der Waals surface area contributed by atoms with Gasteiger partial charge >= 0.3 is 0 Å². The molecule has 1 heterocycles. The molecule has 66 valence electrons. The summed E-state index contributed by atoms with van der Waals surface area (Å²) in [5.41, 5.74) is 0. The topological polar surface area (TPSA) is 23.5 Å². The van der Waals surface area contributed by atoms with Crippen molar-refractivity contribution in [2.75, 3.05) is 13.2 Å². The quantitative estimate of drug-likeness (QED) is 0.666. The van der Waals surface area contributed by atoms with Crippen LogP contribution in [0.2, 0.25) is 0 Å². The number of aliphatic hydroxyl groups excluding tert-OH is 1. The van der Waals surface area contributed by atoms with Crippen molar-refractivity contribution in [2.45, 2.75) is 45.2 Å². The minimum absolute atomic E-state index is 0.324. The molecule has 1 saturated heterocycles. The fourth-order valence-electron chi connectivity index (χ4n) is 1.96. The van der Waals surface area contributed by atoms with Gasteiger partial charge in [0.1, 0.15) is 0 Å². The van der Waals surface area contributed by atoms with E-state index in [-0.39, 0.29) is 0 Å². The van der Waals surface area contributed by atoms with Crippen molar-refractivity contribution >= 4 is 0 Å². The van der Waals surface area contributed by atoms with Crippen molar-refractivity contribution in [2.24, 2.45) is 0 Å². The van der Waals surface area contributed by atoms with Crippen LogP contribution >= 0.6 is 0 Å². The number of hydrogen-bond donors (Lipinski definition) is 1. The summed E-state index contributed by atoms with van der Waals surface area (Å²) in [6.45, 7) is 6.03. The highest BCUT2D eigenvalue weighted by atomic mass is 16.3. The molecule has 2 unspecified atom stereocenters. The molecule has 2 atom stereocenters. The molecule has 0 aromatic heterocycles. The first-order valence-electron chi connectivity index (χ1n) is 4.62. The van der Waals surface area contributed by atoms with E-state index in [1.807, 2.05) is 0 Å². The first-order valence-corrected chi connectivity index (χ1v) is 4.62. The molecule has 1 rings (SSSR count). The molecule has 0 spiro atoms. The first-order chi connectivity index (χ1) is 5.25. The zero-order chi connectivity index (χ0) is 8.27. The van der Waals surface area contributed by atoms with Crippen molar-refractivity contribution in [3.05, 3.63) is 0 Å². The van der Waals surface area contributed by atoms with Gasteiger partial charge in [0.2, 0.25) is 0 Å². The summed E-state index contributed by atoms with van der Waals surface area (Å²) in [5.74, 6) is 0. The van der Waals surface area contributed by atoms with Crippen molar-refractivity contribution in [1.82, 2.24) is 4.90 Å². The van der Waals surface area contributed by atoms with E-state index in [0.29, 0.717) is 12.6 Å². The van der Waals surface area contributed by atoms with E-state index in [2.05, 4.69) is 18.7 Å². The van der Waals surface area contributed by atoms with Crippen LogP contribution in [0.1, 0.15) is 33.1 Å². The number of likely N-dealkylation sites (tertiary alicyclic amines) is 1. The molecule has 0 amide bonds. The fraction of sp³-hybridized carbons (Fsp3) is 1.00. The Bertz CT molecular complexity index is 116. The van der Waals surface area contributed by atoms with Crippen LogP contribution in [0.15, 0.2) is 0 Å². The van der Waals surface area contributed by atoms with Gasteiger partial charge in [-0.05, 0) is 39.7 Å². The third kappa shape index (κ3) is 2.17. The van der Waals surface area contributed by atoms with Gasteiger partial charge in [0.25, 0.3) is 0 Å². The third-order valence-corrected chi connectivity index (χ3v) is 2.72. The van der Waals surface area contributed by atoms with Gasteiger partial charge in [-0.2, -0.15) is 0 Å². The highest BCUT2D eigenvalue weighted by Crippen LogP contribution is 2.20. The number of hydrogen-bond acceptors (Lipinski definition) is 2. The fourth-order valence-corrected chi connectivity index (χ4v) is 1.96. The second-order valence-corrected chi connectivity index (χ2v) is 3.59. The van der Waals surface area contributed by atoms with Gasteiger partial charge in [0.05, 0.1) is 0 Å². The Morgan fingerprint density at radius 3 is 2.82 bits per heavy atom. The second kappa shape index (κ2) is 4.07. The van der Waals surface area contributed by atoms with Crippen LogP contribution in [-0.2, 0) is 0 Å². The van der Waals surface area contributed by atoms with Crippen LogP contribution in [-0.4, -0.2) is 35.2 Å². The maximum Gasteiger partial charge on any atom is 0.0445 e. The summed E-state index contributed by atoms with van der Waals surface area (Å²) in [4.78, 5) is 2.50. The standard InChI is InChI=1S/C9H19NO/c1-8-4-3-6-10(8)9(2)5-7-11/h8-9,11H,3-7H2,1-2H3.